The van der Waals surface area contributed by atoms with Crippen LogP contribution in [0.1, 0.15) is 11.6 Å². The third kappa shape index (κ3) is 3.35. The Morgan fingerprint density at radius 1 is 0.735 bits per heavy atom. The number of nitro benzene ring substituents is 2. The molecule has 0 unspecified atom stereocenters. The van der Waals surface area contributed by atoms with Crippen molar-refractivity contribution in [2.75, 3.05) is 9.96 Å². The van der Waals surface area contributed by atoms with Crippen LogP contribution in [0, 0.1) is 26.1 Å². The van der Waals surface area contributed by atoms with Crippen LogP contribution in [0.25, 0.3) is 0 Å². The summed E-state index contributed by atoms with van der Waals surface area (Å²) in [6, 6.07) is 19.1. The number of carbonyl (C=O) groups is 2. The zero-order valence-electron chi connectivity index (χ0n) is 17.4. The van der Waals surface area contributed by atoms with Gasteiger partial charge in [0.15, 0.2) is 6.10 Å². The number of fused-ring (bicyclic) bond motifs is 1. The minimum absolute atomic E-state index is 0.157. The maximum absolute atomic E-state index is 13.5. The quantitative estimate of drug-likeness (QED) is 0.320. The van der Waals surface area contributed by atoms with Gasteiger partial charge in [-0.05, 0) is 23.8 Å². The van der Waals surface area contributed by atoms with E-state index in [1.165, 1.54) is 47.5 Å². The minimum Gasteiger partial charge on any atom is -0.273 e. The maximum atomic E-state index is 13.5. The topological polar surface area (TPSA) is 136 Å². The van der Waals surface area contributed by atoms with Crippen molar-refractivity contribution in [2.24, 2.45) is 5.92 Å². The van der Waals surface area contributed by atoms with Crippen LogP contribution in [0.5, 0.6) is 0 Å². The summed E-state index contributed by atoms with van der Waals surface area (Å²) in [6.45, 7) is 0. The van der Waals surface area contributed by atoms with Crippen molar-refractivity contribution in [3.8, 4) is 0 Å². The van der Waals surface area contributed by atoms with Crippen LogP contribution >= 0.6 is 0 Å². The highest BCUT2D eigenvalue weighted by Gasteiger charge is 2.60. The molecule has 2 heterocycles. The van der Waals surface area contributed by atoms with Gasteiger partial charge in [0.05, 0.1) is 27.3 Å². The van der Waals surface area contributed by atoms with Crippen molar-refractivity contribution in [3.05, 3.63) is 105 Å². The van der Waals surface area contributed by atoms with Gasteiger partial charge in [0.2, 0.25) is 5.91 Å². The third-order valence-corrected chi connectivity index (χ3v) is 5.87. The average Bonchev–Trinajstić information content (AvgIpc) is 3.35. The van der Waals surface area contributed by atoms with Crippen molar-refractivity contribution in [2.45, 2.75) is 12.1 Å². The first-order valence-electron chi connectivity index (χ1n) is 10.2. The Kier molecular flexibility index (Phi) is 5.02. The molecule has 0 saturated carbocycles. The summed E-state index contributed by atoms with van der Waals surface area (Å²) < 4.78 is 0. The number of nitrogens with zero attached hydrogens (tertiary/aromatic N) is 4. The maximum Gasteiger partial charge on any atom is 0.271 e. The van der Waals surface area contributed by atoms with Crippen LogP contribution in [0.15, 0.2) is 78.9 Å². The lowest BCUT2D eigenvalue weighted by Crippen LogP contribution is -2.37. The van der Waals surface area contributed by atoms with Crippen LogP contribution < -0.4 is 9.96 Å². The van der Waals surface area contributed by atoms with Crippen molar-refractivity contribution >= 4 is 34.6 Å². The van der Waals surface area contributed by atoms with Crippen molar-refractivity contribution in [3.63, 3.8) is 0 Å². The first-order chi connectivity index (χ1) is 16.4. The van der Waals surface area contributed by atoms with Crippen molar-refractivity contribution in [1.82, 2.24) is 0 Å². The molecular formula is C23H16N4O7. The zero-order chi connectivity index (χ0) is 24.0. The first kappa shape index (κ1) is 21.2. The Hall–Kier alpha value is -4.64. The number of anilines is 2. The molecule has 0 aromatic heterocycles. The van der Waals surface area contributed by atoms with E-state index in [2.05, 4.69) is 0 Å². The molecule has 0 spiro atoms. The van der Waals surface area contributed by atoms with E-state index in [-0.39, 0.29) is 17.1 Å². The van der Waals surface area contributed by atoms with E-state index in [1.807, 2.05) is 0 Å². The first-order valence-corrected chi connectivity index (χ1v) is 10.2. The van der Waals surface area contributed by atoms with E-state index in [0.717, 1.165) is 4.90 Å². The Labute approximate surface area is 192 Å². The lowest BCUT2D eigenvalue weighted by molar-refractivity contribution is -0.385. The number of hydrogen-bond acceptors (Lipinski definition) is 8. The summed E-state index contributed by atoms with van der Waals surface area (Å²) in [5.41, 5.74) is 0.897. The number of benzene rings is 3. The summed E-state index contributed by atoms with van der Waals surface area (Å²) in [5.74, 6) is -2.06. The largest absolute Gasteiger partial charge is 0.273 e. The smallest absolute Gasteiger partial charge is 0.271 e. The molecule has 2 saturated heterocycles. The molecule has 2 fully saturated rings. The van der Waals surface area contributed by atoms with Gasteiger partial charge in [-0.15, -0.1) is 0 Å². The molecule has 3 atom stereocenters. The molecule has 11 nitrogen and oxygen atoms in total. The van der Waals surface area contributed by atoms with Gasteiger partial charge in [0.1, 0.15) is 5.92 Å². The second kappa shape index (κ2) is 8.05. The second-order valence-electron chi connectivity index (χ2n) is 7.80. The molecule has 0 radical (unpaired) electrons. The molecule has 170 valence electrons. The number of nitro groups is 2. The van der Waals surface area contributed by atoms with Gasteiger partial charge in [-0.3, -0.25) is 34.7 Å². The summed E-state index contributed by atoms with van der Waals surface area (Å²) in [5, 5.41) is 23.6. The fraction of sp³-hybridized carbons (Fsp3) is 0.130. The molecule has 0 bridgehead atoms. The summed E-state index contributed by atoms with van der Waals surface area (Å²) in [4.78, 5) is 54.8. The van der Waals surface area contributed by atoms with Crippen LogP contribution in [0.2, 0.25) is 0 Å². The van der Waals surface area contributed by atoms with Crippen LogP contribution in [0.3, 0.4) is 0 Å². The van der Waals surface area contributed by atoms with E-state index in [9.17, 15) is 29.8 Å². The van der Waals surface area contributed by atoms with Gasteiger partial charge in [0.25, 0.3) is 17.3 Å². The summed E-state index contributed by atoms with van der Waals surface area (Å²) in [7, 11) is 0. The number of rotatable bonds is 5. The third-order valence-electron chi connectivity index (χ3n) is 5.87. The molecule has 34 heavy (non-hydrogen) atoms. The average molecular weight is 460 g/mol. The Balaban J connectivity index is 1.55. The molecule has 3 aromatic rings. The molecule has 5 rings (SSSR count). The fourth-order valence-corrected chi connectivity index (χ4v) is 4.35. The summed E-state index contributed by atoms with van der Waals surface area (Å²) >= 11 is 0. The lowest BCUT2D eigenvalue weighted by Gasteiger charge is -2.28. The fourth-order valence-electron chi connectivity index (χ4n) is 4.35. The number of imide groups is 1. The highest BCUT2D eigenvalue weighted by Crippen LogP contribution is 2.48. The van der Waals surface area contributed by atoms with E-state index in [4.69, 9.17) is 4.84 Å². The molecular weight excluding hydrogens is 444 g/mol. The second-order valence-corrected chi connectivity index (χ2v) is 7.80. The van der Waals surface area contributed by atoms with Gasteiger partial charge in [-0.1, -0.05) is 36.4 Å². The van der Waals surface area contributed by atoms with Crippen molar-refractivity contribution in [1.29, 1.82) is 0 Å². The van der Waals surface area contributed by atoms with Gasteiger partial charge < -0.3 is 0 Å². The molecule has 0 N–H and O–H groups in total. The molecule has 2 aliphatic heterocycles. The van der Waals surface area contributed by atoms with Crippen LogP contribution in [-0.4, -0.2) is 27.8 Å². The molecule has 3 aromatic carbocycles. The van der Waals surface area contributed by atoms with E-state index in [0.29, 0.717) is 11.3 Å². The van der Waals surface area contributed by atoms with E-state index < -0.39 is 39.7 Å². The number of amides is 2. The van der Waals surface area contributed by atoms with E-state index in [1.54, 1.807) is 36.4 Å². The standard InChI is InChI=1S/C23H16N4O7/c28-22-19-20(14-5-2-1-3-6-14)25(17-7-4-8-18(13-17)27(32)33)34-21(19)23(29)24(22)15-9-11-16(12-10-15)26(30)31/h1-13,19-21H/t19-,20-,21+/m0/s1. The van der Waals surface area contributed by atoms with Crippen molar-refractivity contribution < 1.29 is 24.3 Å². The van der Waals surface area contributed by atoms with E-state index >= 15 is 0 Å². The number of hydrogen-bond donors (Lipinski definition) is 0. The predicted molar refractivity (Wildman–Crippen MR) is 119 cm³/mol. The van der Waals surface area contributed by atoms with Gasteiger partial charge in [-0.2, -0.15) is 0 Å². The minimum atomic E-state index is -1.16. The lowest BCUT2D eigenvalue weighted by atomic mass is 9.90. The van der Waals surface area contributed by atoms with Crippen LogP contribution in [0.4, 0.5) is 22.7 Å². The SMILES string of the molecule is O=C1[C@@H]2[C@@H](ON(c3cccc([N+](=O)[O-])c3)[C@H]2c2ccccc2)C(=O)N1c1ccc([N+](=O)[O-])cc1. The van der Waals surface area contributed by atoms with Gasteiger partial charge >= 0.3 is 0 Å². The number of non-ortho nitro benzene ring substituents is 2. The Bertz CT molecular complexity index is 1310. The Morgan fingerprint density at radius 3 is 2.06 bits per heavy atom. The molecule has 2 aliphatic rings. The molecule has 0 aliphatic carbocycles. The summed E-state index contributed by atoms with van der Waals surface area (Å²) in [6.07, 6.45) is -1.16. The molecule has 11 heteroatoms. The highest BCUT2D eigenvalue weighted by molar-refractivity contribution is 6.24. The van der Waals surface area contributed by atoms with Crippen LogP contribution in [-0.2, 0) is 14.4 Å². The predicted octanol–water partition coefficient (Wildman–Crippen LogP) is 3.55. The highest BCUT2D eigenvalue weighted by atomic mass is 16.7. The Morgan fingerprint density at radius 2 is 1.41 bits per heavy atom. The zero-order valence-corrected chi connectivity index (χ0v) is 17.4. The molecule has 2 amide bonds. The van der Waals surface area contributed by atoms with Gasteiger partial charge in [0, 0.05) is 24.3 Å². The monoisotopic (exact) mass is 460 g/mol. The normalized spacial score (nSPS) is 21.6. The van der Waals surface area contributed by atoms with Gasteiger partial charge in [-0.25, -0.2) is 9.96 Å². The number of hydroxylamine groups is 1. The number of carbonyl (C=O) groups excluding carboxylic acids is 2.